The molecule has 1 N–H and O–H groups in total. The largest absolute Gasteiger partial charge is 0.352 e. The van der Waals surface area contributed by atoms with E-state index in [0.717, 1.165) is 63.1 Å². The monoisotopic (exact) mass is 376 g/mol. The Kier molecular flexibility index (Phi) is 6.58. The van der Waals surface area contributed by atoms with Crippen LogP contribution in [-0.2, 0) is 16.1 Å². The van der Waals surface area contributed by atoms with Gasteiger partial charge in [0.05, 0.1) is 0 Å². The summed E-state index contributed by atoms with van der Waals surface area (Å²) in [6.45, 7) is 4.52. The zero-order chi connectivity index (χ0) is 18.5. The van der Waals surface area contributed by atoms with Crippen LogP contribution < -0.4 is 5.32 Å². The number of nitrogens with zero attached hydrogens (tertiary/aromatic N) is 1. The van der Waals surface area contributed by atoms with Gasteiger partial charge in [-0.1, -0.05) is 36.7 Å². The van der Waals surface area contributed by atoms with Gasteiger partial charge < -0.3 is 10.2 Å². The first-order valence-electron chi connectivity index (χ1n) is 9.84. The molecule has 26 heavy (non-hydrogen) atoms. The lowest BCUT2D eigenvalue weighted by atomic mass is 9.80. The van der Waals surface area contributed by atoms with Gasteiger partial charge in [0.25, 0.3) is 0 Å². The van der Waals surface area contributed by atoms with Crippen molar-refractivity contribution in [3.63, 3.8) is 0 Å². The molecule has 1 heterocycles. The number of amides is 2. The number of hydrogen-bond acceptors (Lipinski definition) is 2. The first-order chi connectivity index (χ1) is 12.5. The minimum absolute atomic E-state index is 0.0166. The van der Waals surface area contributed by atoms with Crippen molar-refractivity contribution in [2.24, 2.45) is 17.8 Å². The first kappa shape index (κ1) is 19.2. The molecule has 2 fully saturated rings. The van der Waals surface area contributed by atoms with Crippen LogP contribution in [0.1, 0.15) is 51.0 Å². The van der Waals surface area contributed by atoms with Gasteiger partial charge in [0.2, 0.25) is 11.8 Å². The van der Waals surface area contributed by atoms with Crippen molar-refractivity contribution in [2.75, 3.05) is 13.1 Å². The van der Waals surface area contributed by atoms with E-state index in [2.05, 4.69) is 12.2 Å². The number of nitrogens with one attached hydrogen (secondary N) is 1. The highest BCUT2D eigenvalue weighted by Gasteiger charge is 2.33. The average Bonchev–Trinajstić information content (AvgIpc) is 2.67. The van der Waals surface area contributed by atoms with E-state index in [1.165, 1.54) is 0 Å². The Morgan fingerprint density at radius 2 is 1.65 bits per heavy atom. The van der Waals surface area contributed by atoms with Crippen molar-refractivity contribution < 1.29 is 9.59 Å². The summed E-state index contributed by atoms with van der Waals surface area (Å²) < 4.78 is 0. The molecule has 5 heteroatoms. The molecule has 1 saturated carbocycles. The van der Waals surface area contributed by atoms with Crippen LogP contribution in [0.3, 0.4) is 0 Å². The molecule has 1 aliphatic heterocycles. The van der Waals surface area contributed by atoms with E-state index < -0.39 is 0 Å². The van der Waals surface area contributed by atoms with Gasteiger partial charge in [-0.25, -0.2) is 0 Å². The highest BCUT2D eigenvalue weighted by atomic mass is 35.5. The van der Waals surface area contributed by atoms with Gasteiger partial charge in [-0.3, -0.25) is 9.59 Å². The number of carbonyl (C=O) groups is 2. The topological polar surface area (TPSA) is 49.4 Å². The molecule has 0 spiro atoms. The molecular formula is C21H29ClN2O2. The van der Waals surface area contributed by atoms with Gasteiger partial charge in [0, 0.05) is 36.5 Å². The summed E-state index contributed by atoms with van der Waals surface area (Å²) >= 11 is 6.14. The second-order valence-electron chi connectivity index (χ2n) is 7.87. The maximum absolute atomic E-state index is 12.7. The molecule has 1 aromatic rings. The number of carbonyl (C=O) groups excluding carboxylic acids is 2. The Hall–Kier alpha value is -1.55. The third-order valence-corrected chi connectivity index (χ3v) is 6.32. The highest BCUT2D eigenvalue weighted by molar-refractivity contribution is 6.31. The second kappa shape index (κ2) is 8.90. The fourth-order valence-corrected chi connectivity index (χ4v) is 4.26. The molecule has 1 saturated heterocycles. The van der Waals surface area contributed by atoms with Gasteiger partial charge in [0.1, 0.15) is 0 Å². The third kappa shape index (κ3) is 4.79. The molecule has 2 amide bonds. The Bertz CT molecular complexity index is 633. The fraction of sp³-hybridized carbons (Fsp3) is 0.619. The highest BCUT2D eigenvalue weighted by Crippen LogP contribution is 2.31. The zero-order valence-electron chi connectivity index (χ0n) is 15.5. The maximum atomic E-state index is 12.7. The van der Waals surface area contributed by atoms with E-state index in [4.69, 9.17) is 11.6 Å². The molecule has 1 aromatic carbocycles. The SMILES string of the molecule is CC1CCN(C(=O)C2CCC(C(=O)NCc3ccccc3Cl)CC2)CC1. The van der Waals surface area contributed by atoms with E-state index in [9.17, 15) is 9.59 Å². The minimum Gasteiger partial charge on any atom is -0.352 e. The van der Waals surface area contributed by atoms with Gasteiger partial charge in [-0.2, -0.15) is 0 Å². The zero-order valence-corrected chi connectivity index (χ0v) is 16.3. The lowest BCUT2D eigenvalue weighted by Gasteiger charge is -2.35. The van der Waals surface area contributed by atoms with Crippen molar-refractivity contribution in [1.29, 1.82) is 0 Å². The number of halogens is 1. The van der Waals surface area contributed by atoms with Gasteiger partial charge in [-0.05, 0) is 56.1 Å². The first-order valence-corrected chi connectivity index (χ1v) is 10.2. The molecule has 0 radical (unpaired) electrons. The number of hydrogen-bond donors (Lipinski definition) is 1. The summed E-state index contributed by atoms with van der Waals surface area (Å²) in [5.41, 5.74) is 0.936. The molecule has 3 rings (SSSR count). The summed E-state index contributed by atoms with van der Waals surface area (Å²) in [5, 5.41) is 3.68. The minimum atomic E-state index is 0.0166. The Morgan fingerprint density at radius 3 is 2.31 bits per heavy atom. The van der Waals surface area contributed by atoms with Crippen LogP contribution in [0.5, 0.6) is 0 Å². The Labute approximate surface area is 161 Å². The number of benzene rings is 1. The van der Waals surface area contributed by atoms with Crippen LogP contribution in [0.15, 0.2) is 24.3 Å². The van der Waals surface area contributed by atoms with Gasteiger partial charge in [0.15, 0.2) is 0 Å². The quantitative estimate of drug-likeness (QED) is 0.862. The molecule has 1 aliphatic carbocycles. The molecule has 2 aliphatic rings. The molecule has 0 atom stereocenters. The van der Waals surface area contributed by atoms with Gasteiger partial charge >= 0.3 is 0 Å². The number of piperidine rings is 1. The maximum Gasteiger partial charge on any atom is 0.225 e. The summed E-state index contributed by atoms with van der Waals surface area (Å²) in [6.07, 6.45) is 5.49. The summed E-state index contributed by atoms with van der Waals surface area (Å²) in [7, 11) is 0. The van der Waals surface area contributed by atoms with Crippen LogP contribution in [-0.4, -0.2) is 29.8 Å². The van der Waals surface area contributed by atoms with Gasteiger partial charge in [-0.15, -0.1) is 0 Å². The van der Waals surface area contributed by atoms with Crippen molar-refractivity contribution in [2.45, 2.75) is 52.0 Å². The molecule has 0 bridgehead atoms. The molecule has 0 aromatic heterocycles. The third-order valence-electron chi connectivity index (χ3n) is 5.95. The average molecular weight is 377 g/mol. The number of likely N-dealkylation sites (tertiary alicyclic amines) is 1. The fourth-order valence-electron chi connectivity index (χ4n) is 4.06. The Balaban J connectivity index is 1.43. The van der Waals surface area contributed by atoms with Crippen molar-refractivity contribution in [3.05, 3.63) is 34.9 Å². The molecular weight excluding hydrogens is 348 g/mol. The van der Waals surface area contributed by atoms with Crippen LogP contribution in [0.2, 0.25) is 5.02 Å². The molecule has 142 valence electrons. The molecule has 4 nitrogen and oxygen atoms in total. The predicted octanol–water partition coefficient (Wildman–Crippen LogP) is 4.02. The van der Waals surface area contributed by atoms with Crippen LogP contribution in [0.25, 0.3) is 0 Å². The van der Waals surface area contributed by atoms with E-state index in [1.807, 2.05) is 29.2 Å². The van der Waals surface area contributed by atoms with Crippen LogP contribution in [0, 0.1) is 17.8 Å². The summed E-state index contributed by atoms with van der Waals surface area (Å²) in [4.78, 5) is 27.2. The van der Waals surface area contributed by atoms with E-state index in [-0.39, 0.29) is 17.7 Å². The summed E-state index contributed by atoms with van der Waals surface area (Å²) in [6, 6.07) is 7.57. The lowest BCUT2D eigenvalue weighted by Crippen LogP contribution is -2.43. The normalized spacial score (nSPS) is 24.3. The van der Waals surface area contributed by atoms with E-state index in [1.54, 1.807) is 0 Å². The second-order valence-corrected chi connectivity index (χ2v) is 8.27. The van der Waals surface area contributed by atoms with E-state index in [0.29, 0.717) is 17.5 Å². The van der Waals surface area contributed by atoms with Crippen molar-refractivity contribution in [1.82, 2.24) is 10.2 Å². The van der Waals surface area contributed by atoms with Crippen molar-refractivity contribution in [3.8, 4) is 0 Å². The summed E-state index contributed by atoms with van der Waals surface area (Å²) in [5.74, 6) is 1.25. The number of rotatable bonds is 4. The standard InChI is InChI=1S/C21H29ClN2O2/c1-15-10-12-24(13-11-15)21(26)17-8-6-16(7-9-17)20(25)23-14-18-4-2-3-5-19(18)22/h2-5,15-17H,6-14H2,1H3,(H,23,25). The van der Waals surface area contributed by atoms with Crippen molar-refractivity contribution >= 4 is 23.4 Å². The van der Waals surface area contributed by atoms with E-state index >= 15 is 0 Å². The molecule has 0 unspecified atom stereocenters. The van der Waals surface area contributed by atoms with Crippen LogP contribution in [0.4, 0.5) is 0 Å². The van der Waals surface area contributed by atoms with Crippen LogP contribution >= 0.6 is 11.6 Å². The predicted molar refractivity (Wildman–Crippen MR) is 104 cm³/mol. The Morgan fingerprint density at radius 1 is 1.04 bits per heavy atom. The smallest absolute Gasteiger partial charge is 0.225 e. The lowest BCUT2D eigenvalue weighted by molar-refractivity contribution is -0.139.